The van der Waals surface area contributed by atoms with Crippen LogP contribution >= 0.6 is 0 Å². The molecule has 7 heteroatoms. The molecule has 2 heterocycles. The van der Waals surface area contributed by atoms with E-state index in [-0.39, 0.29) is 11.3 Å². The third kappa shape index (κ3) is 10.0. The van der Waals surface area contributed by atoms with Crippen molar-refractivity contribution in [1.82, 2.24) is 4.57 Å². The van der Waals surface area contributed by atoms with Gasteiger partial charge in [0.2, 0.25) is 0 Å². The Morgan fingerprint density at radius 1 is 1.12 bits per heavy atom. The number of hydrogen-bond donors (Lipinski definition) is 1. The highest BCUT2D eigenvalue weighted by atomic mass is 16.5. The van der Waals surface area contributed by atoms with E-state index in [2.05, 4.69) is 18.6 Å². The van der Waals surface area contributed by atoms with E-state index in [4.69, 9.17) is 9.84 Å². The normalized spacial score (nSPS) is 10.5. The van der Waals surface area contributed by atoms with Crippen molar-refractivity contribution in [3.8, 4) is 17.0 Å². The van der Waals surface area contributed by atoms with Gasteiger partial charge in [0.25, 0.3) is 0 Å². The van der Waals surface area contributed by atoms with E-state index in [1.807, 2.05) is 32.0 Å². The average Bonchev–Trinajstić information content (AvgIpc) is 2.78. The predicted molar refractivity (Wildman–Crippen MR) is 132 cm³/mol. The van der Waals surface area contributed by atoms with Crippen LogP contribution in [0.5, 0.6) is 5.75 Å². The summed E-state index contributed by atoms with van der Waals surface area (Å²) in [6.45, 7) is 10.9. The standard InChI is InChI=1S/C19H19NO5.C3H8.C2H6O.C2H6/c1-12(21)3-2-8-25-14-4-5-15-13(9-14)6-7-20-11-16(19(23)24)18(22)10-17(15)20;2*1-3-2;1-2/h4-5,9-11H,2-3,6-8H2,1H3,(H,23,24);3H2,1-2H3;1-2H3;1-2H3. The Morgan fingerprint density at radius 2 is 1.73 bits per heavy atom. The van der Waals surface area contributed by atoms with Crippen LogP contribution in [0.2, 0.25) is 0 Å². The van der Waals surface area contributed by atoms with Gasteiger partial charge in [-0.15, -0.1) is 0 Å². The molecule has 1 aliphatic rings. The van der Waals surface area contributed by atoms with Gasteiger partial charge in [-0.1, -0.05) is 34.1 Å². The predicted octanol–water partition coefficient (Wildman–Crippen LogP) is 5.22. The zero-order chi connectivity index (χ0) is 25.4. The van der Waals surface area contributed by atoms with Crippen LogP contribution in [0.15, 0.2) is 35.3 Å². The lowest BCUT2D eigenvalue weighted by Gasteiger charge is -2.23. The number of hydrogen-bond acceptors (Lipinski definition) is 5. The molecule has 0 amide bonds. The van der Waals surface area contributed by atoms with Crippen molar-refractivity contribution in [3.05, 3.63) is 51.8 Å². The van der Waals surface area contributed by atoms with Crippen LogP contribution in [0.4, 0.5) is 0 Å². The van der Waals surface area contributed by atoms with E-state index in [0.29, 0.717) is 26.0 Å². The first-order valence-electron chi connectivity index (χ1n) is 11.4. The second-order valence-corrected chi connectivity index (χ2v) is 7.27. The van der Waals surface area contributed by atoms with Crippen LogP contribution in [-0.4, -0.2) is 42.3 Å². The SMILES string of the molecule is CC.CC(=O)CCCOc1ccc2c(c1)CCn1cc(C(=O)O)c(=O)cc1-2.CCC.COC. The molecule has 0 spiro atoms. The lowest BCUT2D eigenvalue weighted by atomic mass is 9.96. The molecule has 0 saturated heterocycles. The third-order valence-corrected chi connectivity index (χ3v) is 4.27. The first-order valence-corrected chi connectivity index (χ1v) is 11.4. The molecule has 0 aliphatic carbocycles. The number of carbonyl (C=O) groups excluding carboxylic acids is 1. The van der Waals surface area contributed by atoms with Crippen molar-refractivity contribution in [1.29, 1.82) is 0 Å². The summed E-state index contributed by atoms with van der Waals surface area (Å²) >= 11 is 0. The van der Waals surface area contributed by atoms with Crippen molar-refractivity contribution >= 4 is 11.8 Å². The number of methoxy groups -OCH3 is 1. The summed E-state index contributed by atoms with van der Waals surface area (Å²) in [4.78, 5) is 34.0. The fourth-order valence-corrected chi connectivity index (χ4v) is 3.02. The zero-order valence-electron chi connectivity index (χ0n) is 21.1. The molecule has 1 aromatic carbocycles. The Kier molecular flexibility index (Phi) is 15.2. The molecule has 1 aromatic heterocycles. The average molecular weight is 462 g/mol. The molecule has 1 N–H and O–H groups in total. The lowest BCUT2D eigenvalue weighted by molar-refractivity contribution is -0.117. The number of aromatic nitrogens is 1. The summed E-state index contributed by atoms with van der Waals surface area (Å²) in [6, 6.07) is 7.05. The molecule has 0 bridgehead atoms. The molecule has 7 nitrogen and oxygen atoms in total. The highest BCUT2D eigenvalue weighted by molar-refractivity contribution is 5.87. The zero-order valence-corrected chi connectivity index (χ0v) is 21.1. The second kappa shape index (κ2) is 16.7. The maximum atomic E-state index is 12.0. The highest BCUT2D eigenvalue weighted by Crippen LogP contribution is 2.31. The van der Waals surface area contributed by atoms with E-state index < -0.39 is 11.4 Å². The highest BCUT2D eigenvalue weighted by Gasteiger charge is 2.19. The quantitative estimate of drug-likeness (QED) is 0.593. The van der Waals surface area contributed by atoms with Crippen LogP contribution < -0.4 is 10.2 Å². The Labute approximate surface area is 197 Å². The Bertz CT molecular complexity index is 931. The summed E-state index contributed by atoms with van der Waals surface area (Å²) in [7, 11) is 3.25. The number of nitrogens with zero attached hydrogens (tertiary/aromatic N) is 1. The number of ether oxygens (including phenoxy) is 2. The molecule has 0 atom stereocenters. The second-order valence-electron chi connectivity index (χ2n) is 7.27. The minimum Gasteiger partial charge on any atom is -0.494 e. The van der Waals surface area contributed by atoms with Gasteiger partial charge in [-0.3, -0.25) is 4.79 Å². The minimum absolute atomic E-state index is 0.150. The summed E-state index contributed by atoms with van der Waals surface area (Å²) < 4.78 is 11.7. The van der Waals surface area contributed by atoms with Gasteiger partial charge in [0, 0.05) is 45.0 Å². The minimum atomic E-state index is -1.21. The maximum Gasteiger partial charge on any atom is 0.341 e. The van der Waals surface area contributed by atoms with E-state index in [1.54, 1.807) is 25.7 Å². The third-order valence-electron chi connectivity index (χ3n) is 4.27. The smallest absolute Gasteiger partial charge is 0.341 e. The first kappa shape index (κ1) is 30.1. The van der Waals surface area contributed by atoms with E-state index in [1.165, 1.54) is 18.7 Å². The summed E-state index contributed by atoms with van der Waals surface area (Å²) in [5.74, 6) is -0.322. The fourth-order valence-electron chi connectivity index (χ4n) is 3.02. The molecular weight excluding hydrogens is 422 g/mol. The number of carboxylic acid groups (broad SMARTS) is 1. The number of carbonyl (C=O) groups is 2. The van der Waals surface area contributed by atoms with Gasteiger partial charge in [-0.25, -0.2) is 4.79 Å². The molecule has 0 saturated carbocycles. The molecule has 3 rings (SSSR count). The number of aromatic carboxylic acids is 1. The first-order chi connectivity index (χ1) is 15.8. The van der Waals surface area contributed by atoms with Gasteiger partial charge in [0.1, 0.15) is 17.1 Å². The fraction of sp³-hybridized carbons (Fsp3) is 0.500. The molecule has 0 unspecified atom stereocenters. The number of benzene rings is 1. The van der Waals surface area contributed by atoms with Crippen LogP contribution in [-0.2, 0) is 22.5 Å². The van der Waals surface area contributed by atoms with Crippen LogP contribution in [0.1, 0.15) is 69.8 Å². The molecule has 184 valence electrons. The Balaban J connectivity index is 0.00000113. The number of pyridine rings is 1. The van der Waals surface area contributed by atoms with Crippen LogP contribution in [0, 0.1) is 0 Å². The van der Waals surface area contributed by atoms with E-state index in [9.17, 15) is 14.4 Å². The van der Waals surface area contributed by atoms with Crippen molar-refractivity contribution in [3.63, 3.8) is 0 Å². The van der Waals surface area contributed by atoms with Gasteiger partial charge < -0.3 is 23.9 Å². The topological polar surface area (TPSA) is 94.8 Å². The molecular formula is C26H39NO6. The lowest BCUT2D eigenvalue weighted by Crippen LogP contribution is -2.21. The number of aryl methyl sites for hydroxylation is 2. The van der Waals surface area contributed by atoms with E-state index in [0.717, 1.165) is 29.0 Å². The van der Waals surface area contributed by atoms with Crippen molar-refractivity contribution in [2.75, 3.05) is 20.8 Å². The molecule has 2 aromatic rings. The van der Waals surface area contributed by atoms with Gasteiger partial charge in [-0.2, -0.15) is 0 Å². The Hall–Kier alpha value is -2.93. The van der Waals surface area contributed by atoms with Crippen molar-refractivity contribution < 1.29 is 24.2 Å². The van der Waals surface area contributed by atoms with Crippen molar-refractivity contribution in [2.45, 2.75) is 66.8 Å². The van der Waals surface area contributed by atoms with E-state index >= 15 is 0 Å². The van der Waals surface area contributed by atoms with Crippen LogP contribution in [0.3, 0.4) is 0 Å². The maximum absolute atomic E-state index is 12.0. The molecule has 0 fully saturated rings. The summed E-state index contributed by atoms with van der Waals surface area (Å²) in [5, 5.41) is 9.08. The summed E-state index contributed by atoms with van der Waals surface area (Å²) in [6.07, 6.45) is 4.58. The monoisotopic (exact) mass is 461 g/mol. The van der Waals surface area contributed by atoms with Gasteiger partial charge in [0.15, 0.2) is 5.43 Å². The largest absolute Gasteiger partial charge is 0.494 e. The number of rotatable bonds is 6. The number of Topliss-reactive ketones (excluding diaryl/α,β-unsaturated/α-hetero) is 1. The molecule has 33 heavy (non-hydrogen) atoms. The van der Waals surface area contributed by atoms with Crippen molar-refractivity contribution in [2.24, 2.45) is 0 Å². The number of fused-ring (bicyclic) bond motifs is 3. The number of ketones is 1. The molecule has 1 aliphatic heterocycles. The number of carboxylic acids is 1. The van der Waals surface area contributed by atoms with Gasteiger partial charge >= 0.3 is 5.97 Å². The summed E-state index contributed by atoms with van der Waals surface area (Å²) in [5.41, 5.74) is 2.00. The Morgan fingerprint density at radius 3 is 2.27 bits per heavy atom. The molecule has 0 radical (unpaired) electrons. The van der Waals surface area contributed by atoms with Gasteiger partial charge in [0.05, 0.1) is 12.3 Å². The van der Waals surface area contributed by atoms with Gasteiger partial charge in [-0.05, 0) is 43.5 Å². The van der Waals surface area contributed by atoms with Crippen LogP contribution in [0.25, 0.3) is 11.3 Å².